The van der Waals surface area contributed by atoms with Crippen molar-refractivity contribution in [3.05, 3.63) is 24.3 Å². The zero-order valence-electron chi connectivity index (χ0n) is 11.0. The molecule has 0 aromatic heterocycles. The van der Waals surface area contributed by atoms with Gasteiger partial charge in [0.05, 0.1) is 0 Å². The fourth-order valence-electron chi connectivity index (χ4n) is 1.80. The third-order valence-corrected chi connectivity index (χ3v) is 2.69. The number of anilines is 2. The van der Waals surface area contributed by atoms with Gasteiger partial charge in [0.1, 0.15) is 0 Å². The predicted molar refractivity (Wildman–Crippen MR) is 73.5 cm³/mol. The minimum atomic E-state index is -0.0289. The van der Waals surface area contributed by atoms with E-state index >= 15 is 0 Å². The Morgan fingerprint density at radius 3 is 2.71 bits per heavy atom. The van der Waals surface area contributed by atoms with E-state index in [9.17, 15) is 4.79 Å². The van der Waals surface area contributed by atoms with Gasteiger partial charge in [-0.05, 0) is 31.5 Å². The van der Waals surface area contributed by atoms with Gasteiger partial charge in [-0.25, -0.2) is 0 Å². The molecule has 1 rings (SSSR count). The van der Waals surface area contributed by atoms with Gasteiger partial charge in [0.25, 0.3) is 0 Å². The van der Waals surface area contributed by atoms with Crippen molar-refractivity contribution in [3.8, 4) is 0 Å². The van der Waals surface area contributed by atoms with Gasteiger partial charge >= 0.3 is 0 Å². The highest BCUT2D eigenvalue weighted by molar-refractivity contribution is 5.89. The van der Waals surface area contributed by atoms with Crippen molar-refractivity contribution in [2.45, 2.75) is 33.6 Å². The molecule has 3 nitrogen and oxygen atoms in total. The Balaban J connectivity index is 2.77. The smallest absolute Gasteiger partial charge is 0.221 e. The molecule has 0 atom stereocenters. The summed E-state index contributed by atoms with van der Waals surface area (Å²) in [6, 6.07) is 8.01. The van der Waals surface area contributed by atoms with Crippen LogP contribution in [-0.2, 0) is 4.79 Å². The molecule has 1 aromatic rings. The van der Waals surface area contributed by atoms with E-state index in [4.69, 9.17) is 0 Å². The Morgan fingerprint density at radius 1 is 1.35 bits per heavy atom. The molecule has 0 saturated heterocycles. The van der Waals surface area contributed by atoms with Crippen LogP contribution in [0.25, 0.3) is 0 Å². The fraction of sp³-hybridized carbons (Fsp3) is 0.500. The third kappa shape index (κ3) is 4.47. The van der Waals surface area contributed by atoms with E-state index in [1.807, 2.05) is 18.2 Å². The SMILES string of the molecule is CCCCN(CC)c1cccc(NC(C)=O)c1. The molecule has 0 radical (unpaired) electrons. The first-order valence-corrected chi connectivity index (χ1v) is 6.30. The molecule has 1 amide bonds. The lowest BCUT2D eigenvalue weighted by Crippen LogP contribution is -2.23. The van der Waals surface area contributed by atoms with Crippen LogP contribution >= 0.6 is 0 Å². The van der Waals surface area contributed by atoms with Gasteiger partial charge in [-0.3, -0.25) is 4.79 Å². The van der Waals surface area contributed by atoms with E-state index in [1.54, 1.807) is 0 Å². The molecular weight excluding hydrogens is 212 g/mol. The van der Waals surface area contributed by atoms with Gasteiger partial charge < -0.3 is 10.2 Å². The molecular formula is C14H22N2O. The van der Waals surface area contributed by atoms with Crippen LogP contribution in [0.5, 0.6) is 0 Å². The average molecular weight is 234 g/mol. The average Bonchev–Trinajstić information content (AvgIpc) is 2.30. The third-order valence-electron chi connectivity index (χ3n) is 2.69. The summed E-state index contributed by atoms with van der Waals surface area (Å²) in [7, 11) is 0. The molecule has 0 aliphatic rings. The lowest BCUT2D eigenvalue weighted by atomic mass is 10.2. The highest BCUT2D eigenvalue weighted by Crippen LogP contribution is 2.19. The second-order valence-electron chi connectivity index (χ2n) is 4.16. The monoisotopic (exact) mass is 234 g/mol. The quantitative estimate of drug-likeness (QED) is 0.819. The van der Waals surface area contributed by atoms with Crippen molar-refractivity contribution in [3.63, 3.8) is 0 Å². The Hall–Kier alpha value is -1.51. The van der Waals surface area contributed by atoms with Gasteiger partial charge in [0, 0.05) is 31.4 Å². The number of carbonyl (C=O) groups is 1. The molecule has 0 spiro atoms. The number of unbranched alkanes of at least 4 members (excludes halogenated alkanes) is 1. The van der Waals surface area contributed by atoms with Gasteiger partial charge in [-0.1, -0.05) is 19.4 Å². The van der Waals surface area contributed by atoms with E-state index in [2.05, 4.69) is 30.1 Å². The highest BCUT2D eigenvalue weighted by Gasteiger charge is 2.04. The first kappa shape index (κ1) is 13.6. The van der Waals surface area contributed by atoms with Crippen LogP contribution in [0.1, 0.15) is 33.6 Å². The molecule has 0 saturated carbocycles. The van der Waals surface area contributed by atoms with Crippen LogP contribution in [0.3, 0.4) is 0 Å². The summed E-state index contributed by atoms with van der Waals surface area (Å²) < 4.78 is 0. The maximum atomic E-state index is 11.0. The van der Waals surface area contributed by atoms with Gasteiger partial charge in [-0.2, -0.15) is 0 Å². The maximum absolute atomic E-state index is 11.0. The van der Waals surface area contributed by atoms with E-state index in [1.165, 1.54) is 25.5 Å². The number of benzene rings is 1. The van der Waals surface area contributed by atoms with Crippen molar-refractivity contribution < 1.29 is 4.79 Å². The number of hydrogen-bond donors (Lipinski definition) is 1. The summed E-state index contributed by atoms with van der Waals surface area (Å²) in [5.74, 6) is -0.0289. The van der Waals surface area contributed by atoms with Crippen LogP contribution in [0.2, 0.25) is 0 Å². The van der Waals surface area contributed by atoms with Crippen LogP contribution in [0.15, 0.2) is 24.3 Å². The molecule has 0 bridgehead atoms. The summed E-state index contributed by atoms with van der Waals surface area (Å²) in [5.41, 5.74) is 2.04. The van der Waals surface area contributed by atoms with E-state index in [-0.39, 0.29) is 5.91 Å². The number of amides is 1. The highest BCUT2D eigenvalue weighted by atomic mass is 16.1. The molecule has 0 aliphatic heterocycles. The van der Waals surface area contributed by atoms with Crippen molar-refractivity contribution in [2.24, 2.45) is 0 Å². The minimum Gasteiger partial charge on any atom is -0.372 e. The Morgan fingerprint density at radius 2 is 2.12 bits per heavy atom. The largest absolute Gasteiger partial charge is 0.372 e. The Bertz CT molecular complexity index is 363. The van der Waals surface area contributed by atoms with Crippen molar-refractivity contribution in [1.29, 1.82) is 0 Å². The summed E-state index contributed by atoms with van der Waals surface area (Å²) >= 11 is 0. The number of hydrogen-bond acceptors (Lipinski definition) is 2. The second kappa shape index (κ2) is 6.94. The molecule has 0 unspecified atom stereocenters. The van der Waals surface area contributed by atoms with E-state index < -0.39 is 0 Å². The fourth-order valence-corrected chi connectivity index (χ4v) is 1.80. The minimum absolute atomic E-state index is 0.0289. The lowest BCUT2D eigenvalue weighted by Gasteiger charge is -2.23. The summed E-state index contributed by atoms with van der Waals surface area (Å²) in [4.78, 5) is 13.3. The van der Waals surface area contributed by atoms with Gasteiger partial charge in [0.15, 0.2) is 0 Å². The van der Waals surface area contributed by atoms with E-state index in [0.29, 0.717) is 0 Å². The molecule has 0 aliphatic carbocycles. The molecule has 1 aromatic carbocycles. The predicted octanol–water partition coefficient (Wildman–Crippen LogP) is 3.27. The number of rotatable bonds is 6. The number of carbonyl (C=O) groups excluding carboxylic acids is 1. The van der Waals surface area contributed by atoms with Crippen molar-refractivity contribution in [2.75, 3.05) is 23.3 Å². The maximum Gasteiger partial charge on any atom is 0.221 e. The van der Waals surface area contributed by atoms with Crippen LogP contribution in [0, 0.1) is 0 Å². The van der Waals surface area contributed by atoms with Gasteiger partial charge in [-0.15, -0.1) is 0 Å². The normalized spacial score (nSPS) is 10.1. The Labute approximate surface area is 104 Å². The number of nitrogens with zero attached hydrogens (tertiary/aromatic N) is 1. The standard InChI is InChI=1S/C14H22N2O/c1-4-6-10-16(5-2)14-9-7-8-13(11-14)15-12(3)17/h7-9,11H,4-6,10H2,1-3H3,(H,15,17). The Kier molecular flexibility index (Phi) is 5.53. The van der Waals surface area contributed by atoms with E-state index in [0.717, 1.165) is 18.8 Å². The van der Waals surface area contributed by atoms with Crippen molar-refractivity contribution >= 4 is 17.3 Å². The number of nitrogens with one attached hydrogen (secondary N) is 1. The molecule has 17 heavy (non-hydrogen) atoms. The van der Waals surface area contributed by atoms with Crippen LogP contribution in [0.4, 0.5) is 11.4 Å². The summed E-state index contributed by atoms with van der Waals surface area (Å²) in [6.45, 7) is 7.93. The summed E-state index contributed by atoms with van der Waals surface area (Å²) in [5, 5.41) is 2.81. The first-order chi connectivity index (χ1) is 8.17. The van der Waals surface area contributed by atoms with Crippen LogP contribution in [-0.4, -0.2) is 19.0 Å². The first-order valence-electron chi connectivity index (χ1n) is 6.30. The van der Waals surface area contributed by atoms with Gasteiger partial charge in [0.2, 0.25) is 5.91 Å². The van der Waals surface area contributed by atoms with Crippen LogP contribution < -0.4 is 10.2 Å². The topological polar surface area (TPSA) is 32.3 Å². The molecule has 94 valence electrons. The molecule has 3 heteroatoms. The zero-order valence-corrected chi connectivity index (χ0v) is 11.0. The molecule has 0 heterocycles. The lowest BCUT2D eigenvalue weighted by molar-refractivity contribution is -0.114. The summed E-state index contributed by atoms with van der Waals surface area (Å²) in [6.07, 6.45) is 2.39. The molecule has 1 N–H and O–H groups in total. The molecule has 0 fully saturated rings. The second-order valence-corrected chi connectivity index (χ2v) is 4.16. The zero-order chi connectivity index (χ0) is 12.7. The van der Waals surface area contributed by atoms with Crippen molar-refractivity contribution in [1.82, 2.24) is 0 Å².